The molecule has 0 radical (unpaired) electrons. The summed E-state index contributed by atoms with van der Waals surface area (Å²) in [6.07, 6.45) is 8.88. The summed E-state index contributed by atoms with van der Waals surface area (Å²) in [4.78, 5) is 78.4. The first kappa shape index (κ1) is 46.6. The van der Waals surface area contributed by atoms with Gasteiger partial charge in [0, 0.05) is 41.4 Å². The summed E-state index contributed by atoms with van der Waals surface area (Å²) >= 11 is 1.71. The molecule has 6 aromatic rings. The summed E-state index contributed by atoms with van der Waals surface area (Å²) in [6.45, 7) is 8.59. The van der Waals surface area contributed by atoms with Gasteiger partial charge in [0.15, 0.2) is 0 Å². The lowest BCUT2D eigenvalue weighted by Crippen LogP contribution is -2.51. The molecular formula is C52H59FN10O7S. The smallest absolute Gasteiger partial charge is 0.407 e. The minimum Gasteiger partial charge on any atom is -0.464 e. The predicted octanol–water partition coefficient (Wildman–Crippen LogP) is 9.47. The molecule has 7 heterocycles. The summed E-state index contributed by atoms with van der Waals surface area (Å²) in [5.74, 6) is 1.29. The van der Waals surface area contributed by atoms with Crippen LogP contribution in [0.25, 0.3) is 44.7 Å². The fraction of sp³-hybridized carbons (Fsp3) is 0.481. The molecule has 5 atom stereocenters. The van der Waals surface area contributed by atoms with E-state index >= 15 is 4.39 Å². The zero-order valence-corrected chi connectivity index (χ0v) is 41.5. The highest BCUT2D eigenvalue weighted by Gasteiger charge is 2.42. The SMILES string of the molecule is COC(=O)NC(C(=O)N1CCC[C@H]1c1ncc(-c2cc(F)c3c(c2)OC(c2sc(C4CC4)nc2C2CC2)n2c-3cc3cc(-c4cnc([C@@H]5CCCN5C(=O)C(NC(=O)OC)C(C)C)[nH]4)ccc32)[nH]1)C(C)C. The van der Waals surface area contributed by atoms with Gasteiger partial charge in [0.25, 0.3) is 0 Å². The highest BCUT2D eigenvalue weighted by molar-refractivity contribution is 7.12. The van der Waals surface area contributed by atoms with Gasteiger partial charge in [0.05, 0.1) is 82.4 Å². The number of alkyl carbamates (subject to hydrolysis) is 2. The topological polar surface area (TPSA) is 202 Å². The highest BCUT2D eigenvalue weighted by Crippen LogP contribution is 2.54. The Balaban J connectivity index is 0.933. The fourth-order valence-electron chi connectivity index (χ4n) is 10.7. The summed E-state index contributed by atoms with van der Waals surface area (Å²) in [5, 5.41) is 7.44. The van der Waals surface area contributed by atoms with Gasteiger partial charge >= 0.3 is 12.2 Å². The lowest BCUT2D eigenvalue weighted by atomic mass is 10.0. The van der Waals surface area contributed by atoms with E-state index in [1.807, 2.05) is 45.9 Å². The average Bonchev–Trinajstić information content (AvgIpc) is 3.86. The van der Waals surface area contributed by atoms with Gasteiger partial charge in [-0.3, -0.25) is 14.2 Å². The van der Waals surface area contributed by atoms with E-state index in [0.29, 0.717) is 71.3 Å². The van der Waals surface area contributed by atoms with Gasteiger partial charge in [-0.05, 0) is 93.5 Å². The van der Waals surface area contributed by atoms with Gasteiger partial charge in [0.1, 0.15) is 35.3 Å². The van der Waals surface area contributed by atoms with Gasteiger partial charge in [-0.25, -0.2) is 28.9 Å². The van der Waals surface area contributed by atoms with E-state index in [1.165, 1.54) is 20.3 Å². The fourth-order valence-corrected chi connectivity index (χ4v) is 12.0. The monoisotopic (exact) mass is 986 g/mol. The Morgan fingerprint density at radius 1 is 0.761 bits per heavy atom. The van der Waals surface area contributed by atoms with Crippen molar-refractivity contribution in [3.8, 4) is 39.5 Å². The minimum atomic E-state index is -0.772. The standard InChI is InChI=1S/C52H59FN10O7S/c1-25(2)41(59-51(66)68-5)48(64)61-17-7-9-36(61)45-54-23-33(56-45)29-15-16-35-31(19-29)21-38-40-32(53)20-30(22-39(40)70-50(63(35)38)44-43(27-11-12-27)58-47(71-44)28-13-14-28)34-24-55-46(57-34)37-10-8-18-62(37)49(65)42(26(3)4)60-52(67)69-6/h15-16,19-28,36-37,41-42,50H,7-14,17-18H2,1-6H3,(H,54,56)(H,55,57)(H,59,66)(H,60,67)/t36-,37-,41?,42?,50?/m0/s1. The maximum Gasteiger partial charge on any atom is 0.407 e. The number of ether oxygens (including phenoxy) is 3. The zero-order valence-electron chi connectivity index (χ0n) is 40.7. The van der Waals surface area contributed by atoms with Crippen molar-refractivity contribution >= 4 is 46.2 Å². The van der Waals surface area contributed by atoms with Gasteiger partial charge in [-0.15, -0.1) is 11.3 Å². The average molecular weight is 987 g/mol. The van der Waals surface area contributed by atoms with E-state index < -0.39 is 36.3 Å². The van der Waals surface area contributed by atoms with E-state index in [-0.39, 0.29) is 35.7 Å². The Morgan fingerprint density at radius 2 is 1.34 bits per heavy atom. The number of rotatable bonds is 13. The molecule has 0 spiro atoms. The van der Waals surface area contributed by atoms with Crippen LogP contribution in [0.5, 0.6) is 5.75 Å². The minimum absolute atomic E-state index is 0.153. The Morgan fingerprint density at radius 3 is 1.89 bits per heavy atom. The number of carbonyl (C=O) groups is 4. The van der Waals surface area contributed by atoms with E-state index in [2.05, 4.69) is 37.3 Å². The van der Waals surface area contributed by atoms with Crippen LogP contribution in [0.1, 0.15) is 136 Å². The zero-order chi connectivity index (χ0) is 49.4. The van der Waals surface area contributed by atoms with Crippen molar-refractivity contribution in [2.45, 2.75) is 121 Å². The van der Waals surface area contributed by atoms with Crippen LogP contribution in [0.4, 0.5) is 14.0 Å². The molecule has 2 saturated heterocycles. The second kappa shape index (κ2) is 18.4. The van der Waals surface area contributed by atoms with Gasteiger partial charge in [-0.1, -0.05) is 33.8 Å². The molecule has 2 aromatic carbocycles. The molecule has 71 heavy (non-hydrogen) atoms. The van der Waals surface area contributed by atoms with Crippen LogP contribution in [0, 0.1) is 17.7 Å². The van der Waals surface area contributed by atoms with Crippen LogP contribution < -0.4 is 15.4 Å². The third-order valence-electron chi connectivity index (χ3n) is 14.7. The molecule has 19 heteroatoms. The normalized spacial score (nSPS) is 20.5. The molecule has 5 aliphatic rings. The van der Waals surface area contributed by atoms with E-state index in [1.54, 1.807) is 33.5 Å². The van der Waals surface area contributed by atoms with Crippen molar-refractivity contribution in [3.05, 3.63) is 81.8 Å². The number of fused-ring (bicyclic) bond motifs is 5. The molecule has 17 nitrogen and oxygen atoms in total. The first-order valence-corrected chi connectivity index (χ1v) is 25.7. The quantitative estimate of drug-likeness (QED) is 0.0864. The third-order valence-corrected chi connectivity index (χ3v) is 16.0. The number of amides is 4. The lowest BCUT2D eigenvalue weighted by molar-refractivity contribution is -0.136. The van der Waals surface area contributed by atoms with Crippen molar-refractivity contribution in [2.24, 2.45) is 11.8 Å². The van der Waals surface area contributed by atoms with Crippen molar-refractivity contribution in [1.82, 2.24) is 49.9 Å². The van der Waals surface area contributed by atoms with Gasteiger partial charge in [-0.2, -0.15) is 0 Å². The van der Waals surface area contributed by atoms with Crippen LogP contribution in [-0.4, -0.2) is 103 Å². The molecule has 4 fully saturated rings. The molecule has 372 valence electrons. The summed E-state index contributed by atoms with van der Waals surface area (Å²) in [6, 6.07) is 9.41. The van der Waals surface area contributed by atoms with Crippen LogP contribution in [0.3, 0.4) is 0 Å². The third kappa shape index (κ3) is 8.58. The molecule has 3 unspecified atom stereocenters. The van der Waals surface area contributed by atoms with Gasteiger partial charge < -0.3 is 44.6 Å². The van der Waals surface area contributed by atoms with Crippen LogP contribution in [0.2, 0.25) is 0 Å². The molecule has 4 aromatic heterocycles. The number of hydrogen-bond acceptors (Lipinski definition) is 11. The first-order chi connectivity index (χ1) is 34.3. The summed E-state index contributed by atoms with van der Waals surface area (Å²) in [7, 11) is 2.56. The summed E-state index contributed by atoms with van der Waals surface area (Å²) < 4.78 is 35.9. The number of benzene rings is 2. The van der Waals surface area contributed by atoms with Crippen molar-refractivity contribution in [1.29, 1.82) is 0 Å². The number of imidazole rings is 2. The Labute approximate surface area is 414 Å². The second-order valence-electron chi connectivity index (χ2n) is 20.3. The Kier molecular flexibility index (Phi) is 12.1. The number of hydrogen-bond donors (Lipinski definition) is 4. The number of aromatic amines is 2. The van der Waals surface area contributed by atoms with E-state index in [9.17, 15) is 19.2 Å². The van der Waals surface area contributed by atoms with Crippen molar-refractivity contribution in [3.63, 3.8) is 0 Å². The Hall–Kier alpha value is -6.76. The number of thiazole rings is 1. The molecule has 2 saturated carbocycles. The van der Waals surface area contributed by atoms with E-state index in [0.717, 1.165) is 82.7 Å². The van der Waals surface area contributed by atoms with Crippen LogP contribution in [-0.2, 0) is 19.1 Å². The number of methoxy groups -OCH3 is 2. The molecule has 2 aliphatic carbocycles. The van der Waals surface area contributed by atoms with Crippen molar-refractivity contribution in [2.75, 3.05) is 27.3 Å². The molecule has 4 N–H and O–H groups in total. The molecule has 4 amide bonds. The number of H-pyrrole nitrogens is 2. The maximum atomic E-state index is 17.1. The number of likely N-dealkylation sites (tertiary alicyclic amines) is 2. The number of halogens is 1. The van der Waals surface area contributed by atoms with Crippen molar-refractivity contribution < 1.29 is 37.8 Å². The van der Waals surface area contributed by atoms with Gasteiger partial charge in [0.2, 0.25) is 18.0 Å². The van der Waals surface area contributed by atoms with E-state index in [4.69, 9.17) is 29.2 Å². The molecule has 3 aliphatic heterocycles. The number of nitrogens with one attached hydrogen (secondary N) is 4. The number of aromatic nitrogens is 6. The summed E-state index contributed by atoms with van der Waals surface area (Å²) in [5.41, 5.74) is 5.78. The maximum absolute atomic E-state index is 17.1. The lowest BCUT2D eigenvalue weighted by Gasteiger charge is -2.30. The predicted molar refractivity (Wildman–Crippen MR) is 263 cm³/mol. The molecular weight excluding hydrogens is 928 g/mol. The first-order valence-electron chi connectivity index (χ1n) is 24.9. The molecule has 0 bridgehead atoms. The molecule has 11 rings (SSSR count). The largest absolute Gasteiger partial charge is 0.464 e. The second-order valence-corrected chi connectivity index (χ2v) is 21.3. The Bertz CT molecular complexity index is 3060. The highest BCUT2D eigenvalue weighted by atomic mass is 32.1. The number of carbonyl (C=O) groups excluding carboxylic acids is 4. The van der Waals surface area contributed by atoms with Crippen LogP contribution in [0.15, 0.2) is 48.8 Å². The number of nitrogens with zero attached hydrogens (tertiary/aromatic N) is 6. The van der Waals surface area contributed by atoms with Crippen LogP contribution >= 0.6 is 11.3 Å².